The second-order valence-corrected chi connectivity index (χ2v) is 8.42. The highest BCUT2D eigenvalue weighted by Gasteiger charge is 2.14. The molecular weight excluding hydrogens is 470 g/mol. The van der Waals surface area contributed by atoms with Crippen molar-refractivity contribution in [3.63, 3.8) is 0 Å². The summed E-state index contributed by atoms with van der Waals surface area (Å²) in [5.74, 6) is -0.428. The van der Waals surface area contributed by atoms with E-state index in [-0.39, 0.29) is 25.3 Å². The molecule has 0 aliphatic carbocycles. The Morgan fingerprint density at radius 3 is 2.00 bits per heavy atom. The van der Waals surface area contributed by atoms with Crippen molar-refractivity contribution in [2.24, 2.45) is 0 Å². The number of rotatable bonds is 9. The van der Waals surface area contributed by atoms with Gasteiger partial charge in [-0.2, -0.15) is 5.26 Å². The number of imidazole rings is 1. The maximum atomic E-state index is 12.8. The quantitative estimate of drug-likeness (QED) is 0.344. The molecule has 0 unspecified atom stereocenters. The number of carbonyl (C=O) groups excluding carboxylic acids is 2. The standard InChI is InChI=1S/C28H27N5O4/c1-2-16-32-24-5-3-4-6-25(24)33(28(32)36)17-15-26(34)30-31-27(35)19-37-23-13-11-22(12-14-23)21-9-7-20(18-29)8-10-21/h3-14H,2,15-17,19H2,1H3,(H,30,34)(H,31,35). The smallest absolute Gasteiger partial charge is 0.329 e. The second kappa shape index (κ2) is 11.7. The maximum absolute atomic E-state index is 12.8. The molecule has 2 amide bonds. The third kappa shape index (κ3) is 6.05. The highest BCUT2D eigenvalue weighted by molar-refractivity contribution is 5.83. The first-order valence-corrected chi connectivity index (χ1v) is 12.0. The van der Waals surface area contributed by atoms with Crippen LogP contribution in [0, 0.1) is 11.3 Å². The number of fused-ring (bicyclic) bond motifs is 1. The lowest BCUT2D eigenvalue weighted by Crippen LogP contribution is -2.44. The monoisotopic (exact) mass is 497 g/mol. The van der Waals surface area contributed by atoms with Crippen LogP contribution in [0.3, 0.4) is 0 Å². The van der Waals surface area contributed by atoms with Crippen molar-refractivity contribution in [3.8, 4) is 22.9 Å². The molecule has 0 spiro atoms. The van der Waals surface area contributed by atoms with E-state index in [4.69, 9.17) is 10.00 Å². The number of aromatic nitrogens is 2. The van der Waals surface area contributed by atoms with Gasteiger partial charge in [-0.05, 0) is 53.9 Å². The van der Waals surface area contributed by atoms with Gasteiger partial charge in [0.05, 0.1) is 22.7 Å². The predicted molar refractivity (Wildman–Crippen MR) is 139 cm³/mol. The van der Waals surface area contributed by atoms with Crippen LogP contribution in [0.5, 0.6) is 5.75 Å². The molecule has 9 nitrogen and oxygen atoms in total. The van der Waals surface area contributed by atoms with Gasteiger partial charge in [-0.25, -0.2) is 4.79 Å². The Kier molecular flexibility index (Phi) is 8.01. The highest BCUT2D eigenvalue weighted by Crippen LogP contribution is 2.22. The summed E-state index contributed by atoms with van der Waals surface area (Å²) in [4.78, 5) is 37.2. The minimum atomic E-state index is -0.513. The summed E-state index contributed by atoms with van der Waals surface area (Å²) in [7, 11) is 0. The molecule has 0 aliphatic heterocycles. The van der Waals surface area contributed by atoms with Crippen LogP contribution < -0.4 is 21.3 Å². The number of hydrazine groups is 1. The number of nitrogens with one attached hydrogen (secondary N) is 2. The van der Waals surface area contributed by atoms with Crippen LogP contribution in [-0.2, 0) is 22.7 Å². The van der Waals surface area contributed by atoms with Gasteiger partial charge in [0.2, 0.25) is 5.91 Å². The Bertz CT molecular complexity index is 1500. The van der Waals surface area contributed by atoms with Gasteiger partial charge in [0.15, 0.2) is 6.61 Å². The number of ether oxygens (including phenoxy) is 1. The number of carbonyl (C=O) groups is 2. The Labute approximate surface area is 213 Å². The third-order valence-electron chi connectivity index (χ3n) is 5.85. The van der Waals surface area contributed by atoms with E-state index >= 15 is 0 Å². The number of hydrogen-bond acceptors (Lipinski definition) is 5. The second-order valence-electron chi connectivity index (χ2n) is 8.42. The minimum Gasteiger partial charge on any atom is -0.484 e. The van der Waals surface area contributed by atoms with Crippen molar-refractivity contribution in [2.75, 3.05) is 6.61 Å². The van der Waals surface area contributed by atoms with Crippen LogP contribution in [0.2, 0.25) is 0 Å². The van der Waals surface area contributed by atoms with Crippen molar-refractivity contribution in [1.82, 2.24) is 20.0 Å². The van der Waals surface area contributed by atoms with E-state index < -0.39 is 11.8 Å². The van der Waals surface area contributed by atoms with Crippen molar-refractivity contribution >= 4 is 22.8 Å². The zero-order valence-electron chi connectivity index (χ0n) is 20.4. The lowest BCUT2D eigenvalue weighted by Gasteiger charge is -2.10. The number of aryl methyl sites for hydroxylation is 2. The Hall–Kier alpha value is -4.84. The summed E-state index contributed by atoms with van der Waals surface area (Å²) in [6, 6.07) is 24.0. The largest absolute Gasteiger partial charge is 0.484 e. The number of amides is 2. The molecule has 0 radical (unpaired) electrons. The van der Waals surface area contributed by atoms with E-state index in [1.807, 2.05) is 55.5 Å². The summed E-state index contributed by atoms with van der Waals surface area (Å²) in [5, 5.41) is 8.91. The van der Waals surface area contributed by atoms with Crippen LogP contribution in [0.4, 0.5) is 0 Å². The molecule has 0 saturated carbocycles. The first-order chi connectivity index (χ1) is 18.0. The van der Waals surface area contributed by atoms with Gasteiger partial charge in [0.25, 0.3) is 5.91 Å². The van der Waals surface area contributed by atoms with E-state index in [1.165, 1.54) is 0 Å². The number of nitriles is 1. The molecular formula is C28H27N5O4. The lowest BCUT2D eigenvalue weighted by molar-refractivity contribution is -0.130. The first-order valence-electron chi connectivity index (χ1n) is 12.0. The molecule has 0 bridgehead atoms. The number of para-hydroxylation sites is 2. The van der Waals surface area contributed by atoms with Gasteiger partial charge in [0.1, 0.15) is 5.75 Å². The molecule has 1 heterocycles. The van der Waals surface area contributed by atoms with Crippen LogP contribution >= 0.6 is 0 Å². The van der Waals surface area contributed by atoms with Crippen LogP contribution in [-0.4, -0.2) is 27.6 Å². The fourth-order valence-corrected chi connectivity index (χ4v) is 4.01. The molecule has 1 aromatic heterocycles. The summed E-state index contributed by atoms with van der Waals surface area (Å²) in [6.07, 6.45) is 0.849. The van der Waals surface area contributed by atoms with Crippen molar-refractivity contribution in [1.29, 1.82) is 5.26 Å². The first kappa shape index (κ1) is 25.3. The van der Waals surface area contributed by atoms with E-state index in [0.29, 0.717) is 17.9 Å². The molecule has 3 aromatic carbocycles. The molecule has 0 aliphatic rings. The fraction of sp³-hybridized carbons (Fsp3) is 0.214. The summed E-state index contributed by atoms with van der Waals surface area (Å²) in [5.41, 5.74) is 8.66. The zero-order valence-corrected chi connectivity index (χ0v) is 20.4. The SMILES string of the molecule is CCCn1c(=O)n(CCC(=O)NNC(=O)COc2ccc(-c3ccc(C#N)cc3)cc2)c2ccccc21. The van der Waals surface area contributed by atoms with E-state index in [2.05, 4.69) is 16.9 Å². The molecule has 2 N–H and O–H groups in total. The summed E-state index contributed by atoms with van der Waals surface area (Å²) < 4.78 is 8.78. The van der Waals surface area contributed by atoms with Gasteiger partial charge >= 0.3 is 5.69 Å². The van der Waals surface area contributed by atoms with Gasteiger partial charge in [-0.1, -0.05) is 43.3 Å². The summed E-state index contributed by atoms with van der Waals surface area (Å²) in [6.45, 7) is 2.53. The molecule has 4 rings (SSSR count). The van der Waals surface area contributed by atoms with Gasteiger partial charge < -0.3 is 4.74 Å². The third-order valence-corrected chi connectivity index (χ3v) is 5.85. The van der Waals surface area contributed by atoms with Crippen LogP contribution in [0.15, 0.2) is 77.6 Å². The Morgan fingerprint density at radius 1 is 0.838 bits per heavy atom. The van der Waals surface area contributed by atoms with E-state index in [9.17, 15) is 14.4 Å². The maximum Gasteiger partial charge on any atom is 0.329 e. The molecule has 0 fully saturated rings. The molecule has 9 heteroatoms. The van der Waals surface area contributed by atoms with Crippen molar-refractivity contribution in [2.45, 2.75) is 32.9 Å². The minimum absolute atomic E-state index is 0.0258. The van der Waals surface area contributed by atoms with E-state index in [1.54, 1.807) is 33.4 Å². The summed E-state index contributed by atoms with van der Waals surface area (Å²) >= 11 is 0. The highest BCUT2D eigenvalue weighted by atomic mass is 16.5. The Balaban J connectivity index is 1.24. The number of benzene rings is 3. The normalized spacial score (nSPS) is 10.6. The fourth-order valence-electron chi connectivity index (χ4n) is 4.01. The van der Waals surface area contributed by atoms with Crippen molar-refractivity contribution in [3.05, 3.63) is 88.8 Å². The van der Waals surface area contributed by atoms with Gasteiger partial charge in [-0.15, -0.1) is 0 Å². The molecule has 188 valence electrons. The molecule has 4 aromatic rings. The molecule has 0 atom stereocenters. The number of nitrogens with zero attached hydrogens (tertiary/aromatic N) is 3. The predicted octanol–water partition coefficient (Wildman–Crippen LogP) is 3.37. The van der Waals surface area contributed by atoms with Crippen molar-refractivity contribution < 1.29 is 14.3 Å². The van der Waals surface area contributed by atoms with Gasteiger partial charge in [0, 0.05) is 19.5 Å². The Morgan fingerprint density at radius 2 is 1.41 bits per heavy atom. The van der Waals surface area contributed by atoms with Crippen LogP contribution in [0.25, 0.3) is 22.2 Å². The molecule has 0 saturated heterocycles. The topological polar surface area (TPSA) is 118 Å². The van der Waals surface area contributed by atoms with Gasteiger partial charge in [-0.3, -0.25) is 29.6 Å². The zero-order chi connectivity index (χ0) is 26.2. The number of hydrogen-bond donors (Lipinski definition) is 2. The van der Waals surface area contributed by atoms with E-state index in [0.717, 1.165) is 28.6 Å². The average Bonchev–Trinajstić information content (AvgIpc) is 3.20. The lowest BCUT2D eigenvalue weighted by atomic mass is 10.0. The molecule has 37 heavy (non-hydrogen) atoms. The van der Waals surface area contributed by atoms with Crippen LogP contribution in [0.1, 0.15) is 25.3 Å². The average molecular weight is 498 g/mol.